The van der Waals surface area contributed by atoms with Crippen LogP contribution in [0, 0.1) is 28.6 Å². The molecule has 5 aliphatic rings. The molecule has 0 unspecified atom stereocenters. The zero-order chi connectivity index (χ0) is 31.3. The Kier molecular flexibility index (Phi) is 6.72. The molecule has 3 aliphatic carbocycles. The predicted octanol–water partition coefficient (Wildman–Crippen LogP) is 0.750. The van der Waals surface area contributed by atoms with Crippen molar-refractivity contribution in [1.29, 1.82) is 0 Å². The molecule has 0 aromatic heterocycles. The van der Waals surface area contributed by atoms with E-state index < -0.39 is 99.6 Å². The van der Waals surface area contributed by atoms with Gasteiger partial charge in [-0.3, -0.25) is 9.59 Å². The number of aliphatic hydroxyl groups is 3. The van der Waals surface area contributed by atoms with Crippen LogP contribution >= 0.6 is 0 Å². The minimum Gasteiger partial charge on any atom is -0.504 e. The Morgan fingerprint density at radius 1 is 1.12 bits per heavy atom. The number of Topliss-reactive ketones (excluding diaryl/α,β-unsaturated/α-hetero) is 1. The van der Waals surface area contributed by atoms with Gasteiger partial charge in [-0.25, -0.2) is 14.4 Å². The first-order chi connectivity index (χ1) is 19.4. The van der Waals surface area contributed by atoms with Gasteiger partial charge < -0.3 is 39.4 Å². The van der Waals surface area contributed by atoms with Gasteiger partial charge in [-0.2, -0.15) is 0 Å². The minimum atomic E-state index is -2.54. The average molecular weight is 593 g/mol. The van der Waals surface area contributed by atoms with E-state index in [0.29, 0.717) is 5.57 Å². The van der Waals surface area contributed by atoms with E-state index in [9.17, 15) is 44.4 Å². The van der Waals surface area contributed by atoms with Crippen molar-refractivity contribution < 1.29 is 63.3 Å². The number of hydrogen-bond acceptors (Lipinski definition) is 12. The van der Waals surface area contributed by atoms with E-state index in [1.165, 1.54) is 13.8 Å². The molecule has 0 radical (unpaired) electrons. The van der Waals surface area contributed by atoms with Crippen LogP contribution in [-0.2, 0) is 42.9 Å². The number of allylic oxidation sites excluding steroid dienone is 2. The molecule has 4 fully saturated rings. The Labute approximate surface area is 241 Å². The Balaban J connectivity index is 1.63. The highest BCUT2D eigenvalue weighted by atomic mass is 16.6. The molecule has 2 heterocycles. The van der Waals surface area contributed by atoms with Crippen LogP contribution in [0.2, 0.25) is 0 Å². The summed E-state index contributed by atoms with van der Waals surface area (Å²) < 4.78 is 22.5. The highest BCUT2D eigenvalue weighted by Crippen LogP contribution is 2.72. The van der Waals surface area contributed by atoms with Crippen LogP contribution in [0.1, 0.15) is 54.4 Å². The number of hydrogen-bond donors (Lipinski definition) is 4. The summed E-state index contributed by atoms with van der Waals surface area (Å²) >= 11 is 0. The number of carbonyl (C=O) groups excluding carboxylic acids is 4. The van der Waals surface area contributed by atoms with Gasteiger partial charge in [0.25, 0.3) is 0 Å². The molecule has 2 bridgehead atoms. The number of fused-ring (bicyclic) bond motifs is 2. The molecule has 5 rings (SSSR count). The lowest BCUT2D eigenvalue weighted by atomic mass is 9.38. The predicted molar refractivity (Wildman–Crippen MR) is 138 cm³/mol. The third kappa shape index (κ3) is 3.75. The molecule has 42 heavy (non-hydrogen) atoms. The summed E-state index contributed by atoms with van der Waals surface area (Å²) in [6, 6.07) is 0. The van der Waals surface area contributed by atoms with E-state index in [4.69, 9.17) is 18.9 Å². The standard InChI is InChI=1S/C29H36O13/c1-11(26(4,5)42-13(3)30)7-17(32)41-20-22-28-10-39-29(22,25(37)38)23(35)19(34)21(28)27(6)9-15(31)18(33)12(2)14(27)8-16(28)40-24(20)36/h7,14,16,19-23,33-35H,8-10H2,1-6H3,(H,37,38)/b11-7+/t14-,16+,19+,20+,21+,22+,23-,27-,28+,29-/m0/s1. The molecule has 4 N–H and O–H groups in total. The van der Waals surface area contributed by atoms with Crippen LogP contribution in [0.5, 0.6) is 0 Å². The molecule has 13 nitrogen and oxygen atoms in total. The Morgan fingerprint density at radius 3 is 2.36 bits per heavy atom. The summed E-state index contributed by atoms with van der Waals surface area (Å²) in [5, 5.41) is 44.0. The fourth-order valence-electron chi connectivity index (χ4n) is 8.66. The van der Waals surface area contributed by atoms with Crippen molar-refractivity contribution in [3.63, 3.8) is 0 Å². The van der Waals surface area contributed by atoms with Crippen molar-refractivity contribution in [3.05, 3.63) is 23.0 Å². The first-order valence-electron chi connectivity index (χ1n) is 13.8. The third-order valence-corrected chi connectivity index (χ3v) is 10.6. The zero-order valence-corrected chi connectivity index (χ0v) is 24.2. The molecule has 2 saturated carbocycles. The third-order valence-electron chi connectivity index (χ3n) is 10.6. The van der Waals surface area contributed by atoms with E-state index >= 15 is 0 Å². The summed E-state index contributed by atoms with van der Waals surface area (Å²) in [6.07, 6.45) is -5.83. The summed E-state index contributed by atoms with van der Waals surface area (Å²) in [5.74, 6) is -8.45. The van der Waals surface area contributed by atoms with Gasteiger partial charge in [0, 0.05) is 30.8 Å². The summed E-state index contributed by atoms with van der Waals surface area (Å²) in [6.45, 7) is 8.73. The highest BCUT2D eigenvalue weighted by Gasteiger charge is 2.85. The number of esters is 3. The van der Waals surface area contributed by atoms with Crippen LogP contribution in [0.15, 0.2) is 23.0 Å². The molecule has 1 spiro atoms. The molecule has 0 amide bonds. The number of rotatable bonds is 5. The molecule has 13 heteroatoms. The summed E-state index contributed by atoms with van der Waals surface area (Å²) in [4.78, 5) is 64.0. The summed E-state index contributed by atoms with van der Waals surface area (Å²) in [5.41, 5.74) is -5.71. The van der Waals surface area contributed by atoms with E-state index in [2.05, 4.69) is 0 Å². The Bertz CT molecular complexity index is 1340. The number of carbonyl (C=O) groups is 5. The van der Waals surface area contributed by atoms with Crippen LogP contribution in [0.3, 0.4) is 0 Å². The quantitative estimate of drug-likeness (QED) is 0.198. The molecule has 0 aromatic carbocycles. The van der Waals surface area contributed by atoms with Gasteiger partial charge in [-0.1, -0.05) is 6.92 Å². The van der Waals surface area contributed by atoms with Gasteiger partial charge in [0.2, 0.25) is 11.7 Å². The molecule has 2 saturated heterocycles. The van der Waals surface area contributed by atoms with Gasteiger partial charge in [-0.15, -0.1) is 0 Å². The first-order valence-corrected chi connectivity index (χ1v) is 13.8. The first kappa shape index (κ1) is 30.2. The van der Waals surface area contributed by atoms with Crippen LogP contribution in [0.4, 0.5) is 0 Å². The van der Waals surface area contributed by atoms with Gasteiger partial charge in [-0.05, 0) is 56.6 Å². The number of aliphatic hydroxyl groups excluding tert-OH is 3. The lowest BCUT2D eigenvalue weighted by Crippen LogP contribution is -2.79. The lowest BCUT2D eigenvalue weighted by Gasteiger charge is -2.67. The van der Waals surface area contributed by atoms with Crippen molar-refractivity contribution in [3.8, 4) is 0 Å². The molecule has 2 aliphatic heterocycles. The average Bonchev–Trinajstić information content (AvgIpc) is 3.18. The number of carboxylic acids is 1. The van der Waals surface area contributed by atoms with Crippen molar-refractivity contribution >= 4 is 29.7 Å². The molecule has 230 valence electrons. The molecule has 10 atom stereocenters. The van der Waals surface area contributed by atoms with E-state index in [-0.39, 0.29) is 25.0 Å². The van der Waals surface area contributed by atoms with Crippen LogP contribution in [-0.4, -0.2) is 92.3 Å². The second-order valence-corrected chi connectivity index (χ2v) is 13.0. The second-order valence-electron chi connectivity index (χ2n) is 13.0. The van der Waals surface area contributed by atoms with Gasteiger partial charge >= 0.3 is 23.9 Å². The van der Waals surface area contributed by atoms with Gasteiger partial charge in [0.1, 0.15) is 17.8 Å². The van der Waals surface area contributed by atoms with Gasteiger partial charge in [0.05, 0.1) is 18.6 Å². The van der Waals surface area contributed by atoms with E-state index in [0.717, 1.165) is 6.08 Å². The number of ketones is 1. The fourth-order valence-corrected chi connectivity index (χ4v) is 8.66. The van der Waals surface area contributed by atoms with Gasteiger partial charge in [0.15, 0.2) is 11.5 Å². The van der Waals surface area contributed by atoms with Crippen LogP contribution < -0.4 is 0 Å². The Morgan fingerprint density at radius 2 is 1.76 bits per heavy atom. The molecule has 0 aromatic rings. The second kappa shape index (κ2) is 9.35. The summed E-state index contributed by atoms with van der Waals surface area (Å²) in [7, 11) is 0. The SMILES string of the molecule is CC(=O)OC(C)(C)/C(C)=C/C(=O)O[C@H]1C(=O)O[C@@H]2C[C@H]3C(C)=C(O)C(=O)C[C@]3(C)[C@H]3[C@@H](O)[C@H](O)[C@@]4(C(=O)O)OC[C@]32[C@@H]14. The number of ether oxygens (including phenoxy) is 4. The minimum absolute atomic E-state index is 0.0799. The van der Waals surface area contributed by atoms with Crippen molar-refractivity contribution in [1.82, 2.24) is 0 Å². The maximum absolute atomic E-state index is 13.5. The smallest absolute Gasteiger partial charge is 0.348 e. The maximum atomic E-state index is 13.5. The van der Waals surface area contributed by atoms with Crippen LogP contribution in [0.25, 0.3) is 0 Å². The Hall–Kier alpha value is -3.29. The normalized spacial score (nSPS) is 42.8. The van der Waals surface area contributed by atoms with Crippen molar-refractivity contribution in [2.75, 3.05) is 6.61 Å². The fraction of sp³-hybridized carbons (Fsp3) is 0.690. The van der Waals surface area contributed by atoms with E-state index in [1.54, 1.807) is 27.7 Å². The maximum Gasteiger partial charge on any atom is 0.348 e. The lowest BCUT2D eigenvalue weighted by molar-refractivity contribution is -0.289. The molecular weight excluding hydrogens is 556 g/mol. The number of carboxylic acid groups (broad SMARTS) is 1. The largest absolute Gasteiger partial charge is 0.504 e. The highest BCUT2D eigenvalue weighted by molar-refractivity contribution is 5.95. The topological polar surface area (TPSA) is 203 Å². The monoisotopic (exact) mass is 592 g/mol. The number of aliphatic carboxylic acids is 1. The molecular formula is C29H36O13. The van der Waals surface area contributed by atoms with Crippen molar-refractivity contribution in [2.24, 2.45) is 28.6 Å². The van der Waals surface area contributed by atoms with Crippen molar-refractivity contribution in [2.45, 2.75) is 90.0 Å². The zero-order valence-electron chi connectivity index (χ0n) is 24.2. The van der Waals surface area contributed by atoms with E-state index in [1.807, 2.05) is 0 Å².